The lowest BCUT2D eigenvalue weighted by molar-refractivity contribution is 0.330. The summed E-state index contributed by atoms with van der Waals surface area (Å²) in [4.78, 5) is 7.49. The van der Waals surface area contributed by atoms with Gasteiger partial charge in [0, 0.05) is 32.2 Å². The average Bonchev–Trinajstić information content (AvgIpc) is 3.36. The van der Waals surface area contributed by atoms with Gasteiger partial charge in [-0.3, -0.25) is 4.90 Å². The van der Waals surface area contributed by atoms with Crippen molar-refractivity contribution in [3.63, 3.8) is 0 Å². The minimum Gasteiger partial charge on any atom is -0.458 e. The van der Waals surface area contributed by atoms with Crippen LogP contribution in [0.2, 0.25) is 0 Å². The van der Waals surface area contributed by atoms with E-state index in [1.54, 1.807) is 0 Å². The molecule has 0 amide bonds. The van der Waals surface area contributed by atoms with E-state index in [4.69, 9.17) is 9.72 Å². The van der Waals surface area contributed by atoms with Gasteiger partial charge in [-0.1, -0.05) is 71.4 Å². The highest BCUT2D eigenvalue weighted by Gasteiger charge is 2.47. The zero-order valence-corrected chi connectivity index (χ0v) is 26.1. The zero-order chi connectivity index (χ0) is 28.8. The second-order valence-corrected chi connectivity index (χ2v) is 14.8. The van der Waals surface area contributed by atoms with Crippen molar-refractivity contribution in [1.29, 1.82) is 0 Å². The molecule has 0 N–H and O–H groups in total. The number of thiophene rings is 1. The molecule has 1 aliphatic carbocycles. The minimum absolute atomic E-state index is 0.0880. The molecule has 2 aromatic heterocycles. The number of aromatic nitrogens is 1. The maximum Gasteiger partial charge on any atom is 0.271 e. The first-order valence-electron chi connectivity index (χ1n) is 15.5. The summed E-state index contributed by atoms with van der Waals surface area (Å²) in [5, 5.41) is 1.33. The number of ether oxygens (including phenoxy) is 1. The van der Waals surface area contributed by atoms with Crippen LogP contribution in [0.3, 0.4) is 0 Å². The van der Waals surface area contributed by atoms with Crippen LogP contribution in [0.5, 0.6) is 11.5 Å². The number of rotatable bonds is 4. The molecule has 0 atom stereocenters. The first-order chi connectivity index (χ1) is 20.3. The quantitative estimate of drug-likeness (QED) is 0.200. The molecule has 42 heavy (non-hydrogen) atoms. The molecule has 2 aliphatic heterocycles. The van der Waals surface area contributed by atoms with Crippen molar-refractivity contribution in [1.82, 2.24) is 4.98 Å². The Labute approximate surface area is 253 Å². The smallest absolute Gasteiger partial charge is 0.271 e. The van der Waals surface area contributed by atoms with Crippen molar-refractivity contribution in [2.45, 2.75) is 77.6 Å². The number of fused-ring (bicyclic) bond motifs is 7. The van der Waals surface area contributed by atoms with Crippen LogP contribution in [0.4, 0.5) is 17.2 Å². The van der Waals surface area contributed by atoms with E-state index in [0.717, 1.165) is 29.4 Å². The Balaban J connectivity index is 1.43. The van der Waals surface area contributed by atoms with Gasteiger partial charge in [0.1, 0.15) is 17.3 Å². The van der Waals surface area contributed by atoms with Gasteiger partial charge in [-0.05, 0) is 95.1 Å². The van der Waals surface area contributed by atoms with Gasteiger partial charge in [-0.25, -0.2) is 4.98 Å². The number of pyridine rings is 1. The van der Waals surface area contributed by atoms with Gasteiger partial charge in [-0.15, -0.1) is 11.3 Å². The third kappa shape index (κ3) is 3.75. The van der Waals surface area contributed by atoms with Crippen molar-refractivity contribution in [2.75, 3.05) is 4.90 Å². The number of benzene rings is 3. The minimum atomic E-state index is 0.0880. The van der Waals surface area contributed by atoms with Crippen LogP contribution >= 0.6 is 11.3 Å². The van der Waals surface area contributed by atoms with E-state index in [1.165, 1.54) is 73.8 Å². The fraction of sp³-hybridized carbons (Fsp3) is 0.324. The molecule has 8 rings (SSSR count). The molecule has 5 aromatic rings. The highest BCUT2D eigenvalue weighted by Crippen LogP contribution is 2.49. The van der Waals surface area contributed by atoms with Gasteiger partial charge in [0.2, 0.25) is 0 Å². The molecular weight excluding hydrogens is 531 g/mol. The van der Waals surface area contributed by atoms with Gasteiger partial charge in [0.25, 0.3) is 6.71 Å². The zero-order valence-electron chi connectivity index (χ0n) is 25.3. The predicted molar refractivity (Wildman–Crippen MR) is 179 cm³/mol. The Morgan fingerprint density at radius 3 is 2.43 bits per heavy atom. The van der Waals surface area contributed by atoms with Crippen LogP contribution in [0.15, 0.2) is 72.9 Å². The molecule has 0 saturated heterocycles. The molecular formula is C37H37BN2OS. The standard InChI is InChI=1S/C37H37BN2OS/c1-6-7-11-23-14-15-31-25(20-23)33-34(42-31)38-28-21-26-27(37(4,5)18-17-36(26,2)3)22-30(28)41-29-16-19-39-35(32(29)38)40(33)24-12-9-8-10-13-24/h8-10,12-16,19-22H,6-7,11,17-18H2,1-5H3. The van der Waals surface area contributed by atoms with Gasteiger partial charge < -0.3 is 4.74 Å². The molecule has 3 aromatic carbocycles. The lowest BCUT2D eigenvalue weighted by Gasteiger charge is -2.44. The summed E-state index contributed by atoms with van der Waals surface area (Å²) < 4.78 is 9.55. The van der Waals surface area contributed by atoms with Crippen LogP contribution in [-0.2, 0) is 17.3 Å². The van der Waals surface area contributed by atoms with Crippen LogP contribution in [0.25, 0.3) is 10.1 Å². The fourth-order valence-corrected chi connectivity index (χ4v) is 8.80. The number of anilines is 3. The summed E-state index contributed by atoms with van der Waals surface area (Å²) in [5.41, 5.74) is 9.47. The molecule has 0 saturated carbocycles. The Kier molecular flexibility index (Phi) is 5.72. The number of hydrogen-bond acceptors (Lipinski definition) is 4. The van der Waals surface area contributed by atoms with E-state index in [1.807, 2.05) is 17.5 Å². The van der Waals surface area contributed by atoms with Crippen molar-refractivity contribution in [2.24, 2.45) is 0 Å². The normalized spacial score (nSPS) is 17.3. The maximum absolute atomic E-state index is 6.83. The third-order valence-corrected chi connectivity index (χ3v) is 11.2. The molecule has 4 heterocycles. The predicted octanol–water partition coefficient (Wildman–Crippen LogP) is 8.39. The number of unbranched alkanes of at least 4 members (excludes halogenated alkanes) is 1. The van der Waals surface area contributed by atoms with Crippen LogP contribution < -0.4 is 25.3 Å². The van der Waals surface area contributed by atoms with Crippen LogP contribution in [0.1, 0.15) is 77.0 Å². The van der Waals surface area contributed by atoms with Gasteiger partial charge in [-0.2, -0.15) is 0 Å². The number of aryl methyl sites for hydroxylation is 1. The van der Waals surface area contributed by atoms with E-state index >= 15 is 0 Å². The summed E-state index contributed by atoms with van der Waals surface area (Å²) in [6, 6.07) is 24.8. The molecule has 0 unspecified atom stereocenters. The molecule has 3 aliphatic rings. The number of nitrogens with zero attached hydrogens (tertiary/aromatic N) is 2. The molecule has 0 spiro atoms. The van der Waals surface area contributed by atoms with Crippen molar-refractivity contribution in [3.05, 3.63) is 89.6 Å². The largest absolute Gasteiger partial charge is 0.458 e. The summed E-state index contributed by atoms with van der Waals surface area (Å²) in [7, 11) is 0. The first kappa shape index (κ1) is 26.1. The molecule has 0 radical (unpaired) electrons. The summed E-state index contributed by atoms with van der Waals surface area (Å²) in [6.45, 7) is 12.0. The Hall–Kier alpha value is -3.57. The number of para-hydroxylation sites is 1. The topological polar surface area (TPSA) is 25.4 Å². The Morgan fingerprint density at radius 2 is 1.67 bits per heavy atom. The number of hydrogen-bond donors (Lipinski definition) is 0. The molecule has 210 valence electrons. The first-order valence-corrected chi connectivity index (χ1v) is 16.3. The monoisotopic (exact) mass is 568 g/mol. The van der Waals surface area contributed by atoms with E-state index in [2.05, 4.69) is 106 Å². The molecule has 0 bridgehead atoms. The Morgan fingerprint density at radius 1 is 0.905 bits per heavy atom. The second-order valence-electron chi connectivity index (χ2n) is 13.7. The second kappa shape index (κ2) is 9.22. The molecule has 0 fully saturated rings. The molecule has 5 heteroatoms. The fourth-order valence-electron chi connectivity index (χ4n) is 7.50. The highest BCUT2D eigenvalue weighted by atomic mass is 32.1. The Bertz CT molecular complexity index is 1870. The van der Waals surface area contributed by atoms with Crippen molar-refractivity contribution < 1.29 is 4.74 Å². The third-order valence-electron chi connectivity index (χ3n) is 10.0. The average molecular weight is 569 g/mol. The van der Waals surface area contributed by atoms with Gasteiger partial charge in [0.05, 0.1) is 5.69 Å². The van der Waals surface area contributed by atoms with Crippen molar-refractivity contribution >= 4 is 61.0 Å². The summed E-state index contributed by atoms with van der Waals surface area (Å²) >= 11 is 1.95. The van der Waals surface area contributed by atoms with Gasteiger partial charge in [0.15, 0.2) is 0 Å². The lowest BCUT2D eigenvalue weighted by Crippen LogP contribution is -2.59. The summed E-state index contributed by atoms with van der Waals surface area (Å²) in [5.74, 6) is 2.92. The summed E-state index contributed by atoms with van der Waals surface area (Å²) in [6.07, 6.45) is 7.82. The van der Waals surface area contributed by atoms with Gasteiger partial charge >= 0.3 is 0 Å². The van der Waals surface area contributed by atoms with E-state index in [0.29, 0.717) is 0 Å². The molecule has 3 nitrogen and oxygen atoms in total. The van der Waals surface area contributed by atoms with E-state index < -0.39 is 0 Å². The van der Waals surface area contributed by atoms with E-state index in [9.17, 15) is 0 Å². The van der Waals surface area contributed by atoms with Crippen molar-refractivity contribution in [3.8, 4) is 11.5 Å². The lowest BCUT2D eigenvalue weighted by atomic mass is 9.37. The maximum atomic E-state index is 6.83. The highest BCUT2D eigenvalue weighted by molar-refractivity contribution is 7.33. The SMILES string of the molecule is CCCCc1ccc2sc3c(c2c1)N(c1ccccc1)c1nccc2c1B3c1cc3c(cc1O2)C(C)(C)CCC3(C)C. The van der Waals surface area contributed by atoms with Crippen LogP contribution in [0, 0.1) is 0 Å². The van der Waals surface area contributed by atoms with E-state index in [-0.39, 0.29) is 17.5 Å². The van der Waals surface area contributed by atoms with Crippen LogP contribution in [-0.4, -0.2) is 11.7 Å².